The molecule has 0 fully saturated rings. The van der Waals surface area contributed by atoms with E-state index in [1.54, 1.807) is 0 Å². The summed E-state index contributed by atoms with van der Waals surface area (Å²) in [7, 11) is 6.43. The Bertz CT molecular complexity index is 66.1. The maximum absolute atomic E-state index is 2.44. The Kier molecular flexibility index (Phi) is 5.04. The number of hydrogen-bond donors (Lipinski definition) is 0. The molecular formula is C6H18N2Si. The molecule has 0 rings (SSSR count). The second-order valence-electron chi connectivity index (χ2n) is 2.80. The first-order valence-electron chi connectivity index (χ1n) is 3.50. The standard InChI is InChI=1S/C6H18N2Si/c1-5-6-8(4)9-7(2)3/h5-6,9H2,1-4H3. The molecule has 0 spiro atoms. The van der Waals surface area contributed by atoms with Crippen molar-refractivity contribution in [3.63, 3.8) is 0 Å². The molecule has 0 radical (unpaired) electrons. The molecule has 0 aromatic rings. The lowest BCUT2D eigenvalue weighted by atomic mass is 10.5. The van der Waals surface area contributed by atoms with Crippen molar-refractivity contribution in [3.05, 3.63) is 0 Å². The van der Waals surface area contributed by atoms with Gasteiger partial charge in [0, 0.05) is 0 Å². The monoisotopic (exact) mass is 146 g/mol. The van der Waals surface area contributed by atoms with Gasteiger partial charge in [-0.2, -0.15) is 0 Å². The van der Waals surface area contributed by atoms with E-state index >= 15 is 0 Å². The van der Waals surface area contributed by atoms with Gasteiger partial charge in [0.1, 0.15) is 0 Å². The smallest absolute Gasteiger partial charge is 0.172 e. The van der Waals surface area contributed by atoms with E-state index in [9.17, 15) is 0 Å². The van der Waals surface area contributed by atoms with E-state index in [0.29, 0.717) is 0 Å². The van der Waals surface area contributed by atoms with Crippen LogP contribution in [0.2, 0.25) is 0 Å². The fourth-order valence-corrected chi connectivity index (χ4v) is 2.36. The zero-order chi connectivity index (χ0) is 7.28. The summed E-state index contributed by atoms with van der Waals surface area (Å²) in [5, 5.41) is 0. The van der Waals surface area contributed by atoms with Gasteiger partial charge in [-0.1, -0.05) is 6.92 Å². The van der Waals surface area contributed by atoms with Crippen molar-refractivity contribution in [2.75, 3.05) is 27.7 Å². The molecule has 0 bridgehead atoms. The summed E-state index contributed by atoms with van der Waals surface area (Å²) < 4.78 is 4.76. The third-order valence-electron chi connectivity index (χ3n) is 1.13. The summed E-state index contributed by atoms with van der Waals surface area (Å²) in [6, 6.07) is 0. The SMILES string of the molecule is CCCN(C)[SiH2]N(C)C. The van der Waals surface area contributed by atoms with Gasteiger partial charge in [-0.3, -0.25) is 0 Å². The zero-order valence-electron chi connectivity index (χ0n) is 7.02. The number of nitrogens with zero attached hydrogens (tertiary/aromatic N) is 2. The lowest BCUT2D eigenvalue weighted by Crippen LogP contribution is -2.34. The summed E-state index contributed by atoms with van der Waals surface area (Å²) in [6.45, 7) is 3.48. The van der Waals surface area contributed by atoms with Crippen LogP contribution in [0.1, 0.15) is 13.3 Å². The average molecular weight is 146 g/mol. The highest BCUT2D eigenvalue weighted by molar-refractivity contribution is 6.27. The molecule has 0 amide bonds. The lowest BCUT2D eigenvalue weighted by molar-refractivity contribution is 0.476. The maximum Gasteiger partial charge on any atom is 0.172 e. The topological polar surface area (TPSA) is 6.48 Å². The van der Waals surface area contributed by atoms with Crippen LogP contribution in [0.5, 0.6) is 0 Å². The summed E-state index contributed by atoms with van der Waals surface area (Å²) in [6.07, 6.45) is 1.28. The minimum Gasteiger partial charge on any atom is -0.322 e. The number of rotatable bonds is 4. The number of hydrogen-bond acceptors (Lipinski definition) is 2. The Morgan fingerprint density at radius 2 is 1.78 bits per heavy atom. The normalized spacial score (nSPS) is 12.7. The van der Waals surface area contributed by atoms with Crippen molar-refractivity contribution in [2.45, 2.75) is 13.3 Å². The second kappa shape index (κ2) is 4.96. The van der Waals surface area contributed by atoms with Gasteiger partial charge in [-0.25, -0.2) is 0 Å². The van der Waals surface area contributed by atoms with Crippen molar-refractivity contribution in [1.82, 2.24) is 9.13 Å². The van der Waals surface area contributed by atoms with Crippen LogP contribution in [-0.4, -0.2) is 46.7 Å². The van der Waals surface area contributed by atoms with E-state index in [-0.39, 0.29) is 9.84 Å². The van der Waals surface area contributed by atoms with Crippen molar-refractivity contribution in [1.29, 1.82) is 0 Å². The first-order valence-corrected chi connectivity index (χ1v) is 4.76. The van der Waals surface area contributed by atoms with Crippen molar-refractivity contribution in [3.8, 4) is 0 Å². The third kappa shape index (κ3) is 6.02. The van der Waals surface area contributed by atoms with Gasteiger partial charge in [0.15, 0.2) is 9.84 Å². The van der Waals surface area contributed by atoms with E-state index in [2.05, 4.69) is 37.2 Å². The molecule has 0 N–H and O–H groups in total. The molecule has 0 saturated carbocycles. The summed E-state index contributed by atoms with van der Waals surface area (Å²) >= 11 is 0. The van der Waals surface area contributed by atoms with Gasteiger partial charge in [0.05, 0.1) is 0 Å². The van der Waals surface area contributed by atoms with Gasteiger partial charge < -0.3 is 9.13 Å². The van der Waals surface area contributed by atoms with E-state index in [1.165, 1.54) is 13.0 Å². The predicted molar refractivity (Wildman–Crippen MR) is 45.2 cm³/mol. The van der Waals surface area contributed by atoms with E-state index in [4.69, 9.17) is 0 Å². The highest BCUT2D eigenvalue weighted by Crippen LogP contribution is 1.83. The Morgan fingerprint density at radius 1 is 1.22 bits per heavy atom. The average Bonchev–Trinajstić information content (AvgIpc) is 1.63. The van der Waals surface area contributed by atoms with Gasteiger partial charge in [-0.15, -0.1) is 0 Å². The van der Waals surface area contributed by atoms with Crippen LogP contribution in [0.15, 0.2) is 0 Å². The summed E-state index contributed by atoms with van der Waals surface area (Å²) in [4.78, 5) is 0. The molecule has 0 aromatic carbocycles. The fourth-order valence-electron chi connectivity index (χ4n) is 0.935. The van der Waals surface area contributed by atoms with Crippen LogP contribution < -0.4 is 0 Å². The molecule has 3 heteroatoms. The molecule has 0 unspecified atom stereocenters. The molecule has 2 nitrogen and oxygen atoms in total. The van der Waals surface area contributed by atoms with Gasteiger partial charge in [-0.05, 0) is 34.1 Å². The predicted octanol–water partition coefficient (Wildman–Crippen LogP) is -0.111. The molecule has 0 aliphatic rings. The molecule has 0 saturated heterocycles. The molecule has 56 valence electrons. The fraction of sp³-hybridized carbons (Fsp3) is 1.00. The van der Waals surface area contributed by atoms with Crippen molar-refractivity contribution < 1.29 is 0 Å². The molecule has 0 aliphatic heterocycles. The van der Waals surface area contributed by atoms with Gasteiger partial charge >= 0.3 is 0 Å². The van der Waals surface area contributed by atoms with Crippen LogP contribution in [0.4, 0.5) is 0 Å². The molecule has 0 aliphatic carbocycles. The highest BCUT2D eigenvalue weighted by Gasteiger charge is 1.96. The van der Waals surface area contributed by atoms with E-state index in [1.807, 2.05) is 0 Å². The highest BCUT2D eigenvalue weighted by atomic mass is 28.2. The van der Waals surface area contributed by atoms with Crippen molar-refractivity contribution in [2.24, 2.45) is 0 Å². The van der Waals surface area contributed by atoms with Gasteiger partial charge in [0.25, 0.3) is 0 Å². The quantitative estimate of drug-likeness (QED) is 0.511. The molecule has 0 heterocycles. The van der Waals surface area contributed by atoms with E-state index < -0.39 is 0 Å². The van der Waals surface area contributed by atoms with Crippen LogP contribution in [0, 0.1) is 0 Å². The maximum atomic E-state index is 2.44. The largest absolute Gasteiger partial charge is 0.322 e. The van der Waals surface area contributed by atoms with Crippen LogP contribution in [0.25, 0.3) is 0 Å². The molecular weight excluding hydrogens is 128 g/mol. The minimum atomic E-state index is -0.0739. The first-order chi connectivity index (χ1) is 4.16. The Balaban J connectivity index is 3.15. The van der Waals surface area contributed by atoms with E-state index in [0.717, 1.165) is 0 Å². The molecule has 9 heavy (non-hydrogen) atoms. The third-order valence-corrected chi connectivity index (χ3v) is 2.49. The lowest BCUT2D eigenvalue weighted by Gasteiger charge is -2.19. The Morgan fingerprint density at radius 3 is 2.11 bits per heavy atom. The molecule has 0 aromatic heterocycles. The summed E-state index contributed by atoms with van der Waals surface area (Å²) in [5.41, 5.74) is 0. The minimum absolute atomic E-state index is 0.0739. The van der Waals surface area contributed by atoms with Gasteiger partial charge in [0.2, 0.25) is 0 Å². The Hall–Kier alpha value is 0.137. The van der Waals surface area contributed by atoms with Crippen molar-refractivity contribution >= 4 is 9.84 Å². The van der Waals surface area contributed by atoms with Crippen LogP contribution in [0.3, 0.4) is 0 Å². The van der Waals surface area contributed by atoms with Crippen LogP contribution in [-0.2, 0) is 0 Å². The first kappa shape index (κ1) is 9.14. The zero-order valence-corrected chi connectivity index (χ0v) is 8.43. The van der Waals surface area contributed by atoms with Crippen LogP contribution >= 0.6 is 0 Å². The second-order valence-corrected chi connectivity index (χ2v) is 5.43. The Labute approximate surface area is 60.8 Å². The summed E-state index contributed by atoms with van der Waals surface area (Å²) in [5.74, 6) is 0. The molecule has 0 atom stereocenters.